The minimum absolute atomic E-state index is 0.0904. The van der Waals surface area contributed by atoms with E-state index in [1.807, 2.05) is 84.9 Å². The van der Waals surface area contributed by atoms with Crippen molar-refractivity contribution in [1.82, 2.24) is 19.5 Å². The van der Waals surface area contributed by atoms with Crippen molar-refractivity contribution in [1.29, 1.82) is 5.26 Å². The number of carbonyl (C=O) groups excluding carboxylic acids is 1. The van der Waals surface area contributed by atoms with E-state index in [9.17, 15) is 9.90 Å². The second-order valence-corrected chi connectivity index (χ2v) is 12.0. The van der Waals surface area contributed by atoms with E-state index in [1.54, 1.807) is 25.7 Å². The highest BCUT2D eigenvalue weighted by Crippen LogP contribution is 2.43. The Morgan fingerprint density at radius 2 is 1.62 bits per heavy atom. The Labute approximate surface area is 300 Å². The third kappa shape index (κ3) is 7.45. The fourth-order valence-corrected chi connectivity index (χ4v) is 6.34. The SMILES string of the molecule is COc1ccc(C(OC[C@H]2O[C@@H](n3cnc4c(NC(C)=O)ncnc43)[C@H](OC(C)OCCC#N)[C@@H]2O)(c2ccccc2)c2ccc(OC)cc2)cc1. The highest BCUT2D eigenvalue weighted by Gasteiger charge is 2.49. The van der Waals surface area contributed by atoms with E-state index in [-0.39, 0.29) is 31.4 Å². The number of nitrogens with zero attached hydrogens (tertiary/aromatic N) is 5. The summed E-state index contributed by atoms with van der Waals surface area (Å²) in [6.45, 7) is 3.11. The summed E-state index contributed by atoms with van der Waals surface area (Å²) in [5, 5.41) is 23.6. The number of methoxy groups -OCH3 is 2. The Bertz CT molecular complexity index is 1940. The molecule has 1 unspecified atom stereocenters. The highest BCUT2D eigenvalue weighted by atomic mass is 16.7. The molecule has 270 valence electrons. The molecule has 0 radical (unpaired) electrons. The topological polar surface area (TPSA) is 172 Å². The third-order valence-corrected chi connectivity index (χ3v) is 8.79. The molecule has 0 bridgehead atoms. The van der Waals surface area contributed by atoms with Crippen LogP contribution >= 0.6 is 0 Å². The number of fused-ring (bicyclic) bond motifs is 1. The molecule has 2 N–H and O–H groups in total. The Morgan fingerprint density at radius 3 is 2.21 bits per heavy atom. The standard InChI is InChI=1S/C38H40N6O8/c1-24(45)43-35-32-36(41-22-40-35)44(23-42-32)37-34(51-25(2)49-20-8-19-39)33(46)31(52-37)21-50-38(26-9-6-5-7-10-26,27-11-15-29(47-3)16-12-27)28-13-17-30(48-4)18-14-28/h5-7,9-18,22-23,25,31,33-34,37,46H,8,20-21H2,1-4H3,(H,40,41,43,45)/t25?,31-,33-,34-,37-/m1/s1. The molecular weight excluding hydrogens is 668 g/mol. The number of ether oxygens (including phenoxy) is 6. The largest absolute Gasteiger partial charge is 0.497 e. The first-order valence-corrected chi connectivity index (χ1v) is 16.7. The highest BCUT2D eigenvalue weighted by molar-refractivity contribution is 5.95. The molecule has 5 aromatic rings. The first-order chi connectivity index (χ1) is 25.3. The maximum Gasteiger partial charge on any atom is 0.222 e. The van der Waals surface area contributed by atoms with Gasteiger partial charge >= 0.3 is 0 Å². The van der Waals surface area contributed by atoms with E-state index in [2.05, 4.69) is 20.3 Å². The van der Waals surface area contributed by atoms with Crippen molar-refractivity contribution in [2.75, 3.05) is 32.8 Å². The molecular formula is C38H40N6O8. The van der Waals surface area contributed by atoms with Crippen molar-refractivity contribution in [2.24, 2.45) is 0 Å². The molecule has 6 rings (SSSR count). The Balaban J connectivity index is 1.39. The first-order valence-electron chi connectivity index (χ1n) is 16.7. The van der Waals surface area contributed by atoms with Crippen LogP contribution in [0.5, 0.6) is 11.5 Å². The fraction of sp³-hybridized carbons (Fsp3) is 0.342. The monoisotopic (exact) mass is 708 g/mol. The zero-order chi connectivity index (χ0) is 36.7. The summed E-state index contributed by atoms with van der Waals surface area (Å²) in [6, 6.07) is 27.1. The maximum absolute atomic E-state index is 11.9. The second-order valence-electron chi connectivity index (χ2n) is 12.0. The third-order valence-electron chi connectivity index (χ3n) is 8.79. The van der Waals surface area contributed by atoms with Crippen LogP contribution in [0.15, 0.2) is 91.5 Å². The number of hydrogen-bond donors (Lipinski definition) is 2. The van der Waals surface area contributed by atoms with Crippen LogP contribution in [0.2, 0.25) is 0 Å². The van der Waals surface area contributed by atoms with E-state index in [1.165, 1.54) is 19.6 Å². The van der Waals surface area contributed by atoms with Crippen molar-refractivity contribution in [2.45, 2.75) is 56.7 Å². The van der Waals surface area contributed by atoms with E-state index >= 15 is 0 Å². The molecule has 3 aromatic carbocycles. The molecule has 5 atom stereocenters. The summed E-state index contributed by atoms with van der Waals surface area (Å²) in [6.07, 6.45) is -1.93. The van der Waals surface area contributed by atoms with Gasteiger partial charge in [-0.1, -0.05) is 54.6 Å². The lowest BCUT2D eigenvalue weighted by atomic mass is 9.80. The van der Waals surface area contributed by atoms with Crippen molar-refractivity contribution in [3.8, 4) is 17.6 Å². The van der Waals surface area contributed by atoms with Crippen molar-refractivity contribution in [3.05, 3.63) is 108 Å². The van der Waals surface area contributed by atoms with Crippen LogP contribution in [-0.4, -0.2) is 82.6 Å². The van der Waals surface area contributed by atoms with Crippen molar-refractivity contribution >= 4 is 22.9 Å². The molecule has 1 fully saturated rings. The van der Waals surface area contributed by atoms with Gasteiger partial charge in [-0.25, -0.2) is 15.0 Å². The van der Waals surface area contributed by atoms with Gasteiger partial charge in [0.2, 0.25) is 5.91 Å². The van der Waals surface area contributed by atoms with Gasteiger partial charge in [-0.2, -0.15) is 5.26 Å². The smallest absolute Gasteiger partial charge is 0.222 e. The number of nitrogens with one attached hydrogen (secondary N) is 1. The molecule has 1 aliphatic rings. The van der Waals surface area contributed by atoms with Crippen LogP contribution in [-0.2, 0) is 29.3 Å². The number of benzene rings is 3. The lowest BCUT2D eigenvalue weighted by Crippen LogP contribution is -2.41. The number of imidazole rings is 1. The van der Waals surface area contributed by atoms with Crippen LogP contribution in [0.25, 0.3) is 11.2 Å². The number of hydrogen-bond acceptors (Lipinski definition) is 12. The number of aromatic nitrogens is 4. The number of amides is 1. The fourth-order valence-electron chi connectivity index (χ4n) is 6.34. The summed E-state index contributed by atoms with van der Waals surface area (Å²) in [5.74, 6) is 1.27. The van der Waals surface area contributed by atoms with E-state index in [0.717, 1.165) is 16.7 Å². The average molecular weight is 709 g/mol. The van der Waals surface area contributed by atoms with Gasteiger partial charge in [0.25, 0.3) is 0 Å². The lowest BCUT2D eigenvalue weighted by molar-refractivity contribution is -0.192. The number of aliphatic hydroxyl groups excluding tert-OH is 1. The number of nitriles is 1. The molecule has 1 aliphatic heterocycles. The Morgan fingerprint density at radius 1 is 0.981 bits per heavy atom. The minimum atomic E-state index is -1.22. The average Bonchev–Trinajstić information content (AvgIpc) is 3.73. The molecule has 14 nitrogen and oxygen atoms in total. The van der Waals surface area contributed by atoms with Gasteiger partial charge in [-0.05, 0) is 47.9 Å². The molecule has 3 heterocycles. The Hall–Kier alpha value is -5.43. The van der Waals surface area contributed by atoms with Gasteiger partial charge < -0.3 is 38.8 Å². The van der Waals surface area contributed by atoms with E-state index in [0.29, 0.717) is 22.7 Å². The number of carbonyl (C=O) groups is 1. The Kier molecular flexibility index (Phi) is 11.4. The number of anilines is 1. The van der Waals surface area contributed by atoms with Gasteiger partial charge in [-0.15, -0.1) is 0 Å². The normalized spacial score (nSPS) is 19.2. The van der Waals surface area contributed by atoms with Gasteiger partial charge in [0.1, 0.15) is 41.7 Å². The zero-order valence-corrected chi connectivity index (χ0v) is 29.2. The lowest BCUT2D eigenvalue weighted by Gasteiger charge is -2.37. The molecule has 52 heavy (non-hydrogen) atoms. The van der Waals surface area contributed by atoms with Crippen molar-refractivity contribution in [3.63, 3.8) is 0 Å². The summed E-state index contributed by atoms with van der Waals surface area (Å²) in [7, 11) is 3.22. The van der Waals surface area contributed by atoms with Crippen molar-refractivity contribution < 1.29 is 38.3 Å². The molecule has 1 saturated heterocycles. The van der Waals surface area contributed by atoms with Crippen LogP contribution in [0.3, 0.4) is 0 Å². The van der Waals surface area contributed by atoms with E-state index in [4.69, 9.17) is 33.7 Å². The van der Waals surface area contributed by atoms with Crippen LogP contribution in [0.4, 0.5) is 5.82 Å². The maximum atomic E-state index is 11.9. The summed E-state index contributed by atoms with van der Waals surface area (Å²) in [5.41, 5.74) is 1.96. The molecule has 1 amide bonds. The number of aliphatic hydroxyl groups is 1. The second kappa shape index (κ2) is 16.3. The van der Waals surface area contributed by atoms with Gasteiger partial charge in [0.05, 0.1) is 46.3 Å². The predicted molar refractivity (Wildman–Crippen MR) is 188 cm³/mol. The molecule has 2 aromatic heterocycles. The summed E-state index contributed by atoms with van der Waals surface area (Å²) in [4.78, 5) is 24.9. The van der Waals surface area contributed by atoms with Crippen LogP contribution < -0.4 is 14.8 Å². The van der Waals surface area contributed by atoms with Gasteiger partial charge in [0, 0.05) is 6.92 Å². The van der Waals surface area contributed by atoms with Crippen LogP contribution in [0, 0.1) is 11.3 Å². The molecule has 14 heteroatoms. The zero-order valence-electron chi connectivity index (χ0n) is 29.2. The van der Waals surface area contributed by atoms with Gasteiger partial charge in [0.15, 0.2) is 29.5 Å². The predicted octanol–water partition coefficient (Wildman–Crippen LogP) is 4.73. The number of rotatable bonds is 15. The molecule has 0 saturated carbocycles. The van der Waals surface area contributed by atoms with E-state index < -0.39 is 36.4 Å². The summed E-state index contributed by atoms with van der Waals surface area (Å²) < 4.78 is 38.2. The summed E-state index contributed by atoms with van der Waals surface area (Å²) >= 11 is 0. The quantitative estimate of drug-likeness (QED) is 0.0872. The first kappa shape index (κ1) is 36.4. The molecule has 0 aliphatic carbocycles. The van der Waals surface area contributed by atoms with Gasteiger partial charge in [-0.3, -0.25) is 9.36 Å². The minimum Gasteiger partial charge on any atom is -0.497 e. The van der Waals surface area contributed by atoms with Crippen LogP contribution in [0.1, 0.15) is 43.2 Å². The molecule has 0 spiro atoms.